The van der Waals surface area contributed by atoms with Crippen LogP contribution in [0, 0.1) is 12.7 Å². The highest BCUT2D eigenvalue weighted by Gasteiger charge is 2.41. The van der Waals surface area contributed by atoms with Gasteiger partial charge in [-0.15, -0.1) is 4.57 Å². The van der Waals surface area contributed by atoms with Crippen molar-refractivity contribution in [1.29, 1.82) is 0 Å². The van der Waals surface area contributed by atoms with Gasteiger partial charge in [-0.2, -0.15) is 4.98 Å². The molecule has 6 rings (SSSR count). The molecule has 1 aromatic carbocycles. The van der Waals surface area contributed by atoms with Gasteiger partial charge >= 0.3 is 11.3 Å². The molecule has 0 N–H and O–H groups in total. The highest BCUT2D eigenvalue weighted by Crippen LogP contribution is 2.40. The van der Waals surface area contributed by atoms with Gasteiger partial charge in [0.15, 0.2) is 17.2 Å². The number of piperazine rings is 1. The molecule has 0 radical (unpaired) electrons. The predicted molar refractivity (Wildman–Crippen MR) is 158 cm³/mol. The van der Waals surface area contributed by atoms with Crippen molar-refractivity contribution in [2.24, 2.45) is 0 Å². The fourth-order valence-electron chi connectivity index (χ4n) is 6.18. The Kier molecular flexibility index (Phi) is 6.49. The molecule has 0 saturated carbocycles. The number of carbonyl (C=O) groups excluding carboxylic acids is 1. The Hall–Kier alpha value is -4.37. The maximum atomic E-state index is 15.6. The zero-order chi connectivity index (χ0) is 29.2. The van der Waals surface area contributed by atoms with E-state index in [0.29, 0.717) is 69.7 Å². The van der Waals surface area contributed by atoms with Gasteiger partial charge in [0.1, 0.15) is 22.9 Å². The van der Waals surface area contributed by atoms with Gasteiger partial charge in [0.05, 0.1) is 10.6 Å². The molecule has 2 aliphatic heterocycles. The smallest absolute Gasteiger partial charge is 0.349 e. The Morgan fingerprint density at radius 3 is 2.71 bits per heavy atom. The van der Waals surface area contributed by atoms with Crippen LogP contribution in [0.25, 0.3) is 34.1 Å². The molecule has 2 atom stereocenters. The fraction of sp³-hybridized carbons (Fsp3) is 0.258. The molecule has 0 bridgehead atoms. The number of carbonyl (C=O) groups is 1. The molecule has 1 amide bonds. The van der Waals surface area contributed by atoms with Gasteiger partial charge in [0.25, 0.3) is 0 Å². The van der Waals surface area contributed by atoms with Gasteiger partial charge in [-0.05, 0) is 50.6 Å². The number of aromatic nitrogens is 4. The molecule has 10 heteroatoms. The Morgan fingerprint density at radius 1 is 1.22 bits per heavy atom. The molecule has 0 spiro atoms. The highest BCUT2D eigenvalue weighted by molar-refractivity contribution is 6.33. The first-order valence-electron chi connectivity index (χ1n) is 13.4. The van der Waals surface area contributed by atoms with Crippen LogP contribution in [0.2, 0.25) is 5.02 Å². The molecular weight excluding hydrogens is 543 g/mol. The van der Waals surface area contributed by atoms with Crippen molar-refractivity contribution < 1.29 is 13.8 Å². The van der Waals surface area contributed by atoms with Gasteiger partial charge in [-0.1, -0.05) is 43.0 Å². The lowest BCUT2D eigenvalue weighted by Crippen LogP contribution is -2.55. The highest BCUT2D eigenvalue weighted by atomic mass is 35.5. The van der Waals surface area contributed by atoms with Gasteiger partial charge in [0.2, 0.25) is 5.91 Å². The third kappa shape index (κ3) is 3.98. The van der Waals surface area contributed by atoms with E-state index in [2.05, 4.69) is 23.1 Å². The lowest BCUT2D eigenvalue weighted by atomic mass is 9.98. The van der Waals surface area contributed by atoms with Crippen molar-refractivity contribution >= 4 is 40.4 Å². The number of nitrogens with zero attached hydrogens (tertiary/aromatic N) is 6. The number of rotatable bonds is 4. The Balaban J connectivity index is 1.71. The average molecular weight is 572 g/mol. The Labute approximate surface area is 241 Å². The van der Waals surface area contributed by atoms with Gasteiger partial charge in [0, 0.05) is 37.4 Å². The van der Waals surface area contributed by atoms with E-state index in [9.17, 15) is 9.59 Å². The number of hydrogen-bond acceptors (Lipinski definition) is 5. The van der Waals surface area contributed by atoms with Crippen molar-refractivity contribution in [3.63, 3.8) is 0 Å². The van der Waals surface area contributed by atoms with Crippen molar-refractivity contribution in [2.45, 2.75) is 32.9 Å². The van der Waals surface area contributed by atoms with E-state index in [1.807, 2.05) is 36.3 Å². The number of benzene rings is 1. The van der Waals surface area contributed by atoms with Crippen LogP contribution < -0.4 is 15.2 Å². The summed E-state index contributed by atoms with van der Waals surface area (Å²) in [7, 11) is 0. The Morgan fingerprint density at radius 2 is 2.00 bits per heavy atom. The van der Waals surface area contributed by atoms with Crippen molar-refractivity contribution in [3.05, 3.63) is 93.9 Å². The summed E-state index contributed by atoms with van der Waals surface area (Å²) < 4.78 is 19.1. The number of amides is 1. The van der Waals surface area contributed by atoms with E-state index >= 15 is 4.39 Å². The largest absolute Gasteiger partial charge is 0.442 e. The summed E-state index contributed by atoms with van der Waals surface area (Å²) >= 11 is 7.05. The fourth-order valence-corrected chi connectivity index (χ4v) is 6.48. The van der Waals surface area contributed by atoms with Crippen LogP contribution in [-0.2, 0) is 4.79 Å². The molecule has 0 aliphatic carbocycles. The monoisotopic (exact) mass is 571 g/mol. The van der Waals surface area contributed by atoms with E-state index in [0.717, 1.165) is 5.56 Å². The Bertz CT molecular complexity index is 1850. The quantitative estimate of drug-likeness (QED) is 0.264. The zero-order valence-corrected chi connectivity index (χ0v) is 23.8. The molecule has 1 fully saturated rings. The number of pyridine rings is 2. The SMILES string of the molecule is C=CC(=O)N1CCN(c2nc(=O)n3c4c2cc(Cl)c(-c2c(F)cccc2C=C)[n+]4C(C)c2nccc(C)c2-3)[C@@H](C)C1. The summed E-state index contributed by atoms with van der Waals surface area (Å²) in [5.74, 6) is -0.125. The molecule has 8 nitrogen and oxygen atoms in total. The second-order valence-electron chi connectivity index (χ2n) is 10.5. The maximum absolute atomic E-state index is 15.6. The lowest BCUT2D eigenvalue weighted by Gasteiger charge is -2.40. The summed E-state index contributed by atoms with van der Waals surface area (Å²) in [5, 5.41) is 0.945. The topological polar surface area (TPSA) is 75.2 Å². The third-order valence-electron chi connectivity index (χ3n) is 8.10. The van der Waals surface area contributed by atoms with Gasteiger partial charge in [-0.25, -0.2) is 13.8 Å². The van der Waals surface area contributed by atoms with E-state index in [4.69, 9.17) is 11.6 Å². The standard InChI is InChI=1S/C31H29ClFN6O2/c1-6-20-9-8-10-23(33)25(20)28-22(32)15-21-29(37-14-13-36(16-18(37)4)24(40)7-2)35-31(41)39-27-17(3)11-12-34-26(27)19(5)38(28)30(21)39/h6-12,15,18-19H,1-2,13-14,16H2,3-5H3/q+1/t18-,19?/m0/s1. The molecule has 41 heavy (non-hydrogen) atoms. The second-order valence-corrected chi connectivity index (χ2v) is 10.9. The lowest BCUT2D eigenvalue weighted by molar-refractivity contribution is -0.679. The van der Waals surface area contributed by atoms with Crippen molar-refractivity contribution in [1.82, 2.24) is 19.4 Å². The van der Waals surface area contributed by atoms with Gasteiger partial charge < -0.3 is 9.80 Å². The number of anilines is 1. The summed E-state index contributed by atoms with van der Waals surface area (Å²) in [4.78, 5) is 39.3. The molecule has 1 saturated heterocycles. The van der Waals surface area contributed by atoms with Crippen LogP contribution in [0.15, 0.2) is 60.6 Å². The first-order valence-corrected chi connectivity index (χ1v) is 13.8. The molecular formula is C31H29ClFN6O2+. The van der Waals surface area contributed by atoms with Crippen LogP contribution in [0.1, 0.15) is 36.7 Å². The number of fused-ring (bicyclic) bond motifs is 2. The second kappa shape index (κ2) is 9.92. The molecule has 2 aliphatic rings. The number of hydrogen-bond donors (Lipinski definition) is 0. The summed E-state index contributed by atoms with van der Waals surface area (Å²) in [6.07, 6.45) is 4.60. The molecule has 4 aromatic rings. The summed E-state index contributed by atoms with van der Waals surface area (Å²) in [6.45, 7) is 14.7. The van der Waals surface area contributed by atoms with E-state index in [-0.39, 0.29) is 11.9 Å². The normalized spacial score (nSPS) is 17.9. The summed E-state index contributed by atoms with van der Waals surface area (Å²) in [5.41, 5.74) is 3.54. The minimum Gasteiger partial charge on any atom is -0.349 e. The van der Waals surface area contributed by atoms with Crippen LogP contribution in [0.4, 0.5) is 10.2 Å². The van der Waals surface area contributed by atoms with E-state index in [1.165, 1.54) is 12.1 Å². The minimum absolute atomic E-state index is 0.138. The average Bonchev–Trinajstić information content (AvgIpc) is 2.96. The molecule has 5 heterocycles. The third-order valence-corrected chi connectivity index (χ3v) is 8.39. The van der Waals surface area contributed by atoms with Crippen LogP contribution in [0.5, 0.6) is 0 Å². The van der Waals surface area contributed by atoms with E-state index < -0.39 is 17.5 Å². The molecule has 208 valence electrons. The minimum atomic E-state index is -0.479. The van der Waals surface area contributed by atoms with Crippen LogP contribution in [-0.4, -0.2) is 51.0 Å². The molecule has 1 unspecified atom stereocenters. The maximum Gasteiger partial charge on any atom is 0.442 e. The first kappa shape index (κ1) is 26.8. The zero-order valence-electron chi connectivity index (χ0n) is 23.1. The molecule has 3 aromatic heterocycles. The van der Waals surface area contributed by atoms with Crippen molar-refractivity contribution in [2.75, 3.05) is 24.5 Å². The first-order chi connectivity index (χ1) is 19.7. The van der Waals surface area contributed by atoms with Crippen LogP contribution >= 0.6 is 11.6 Å². The number of halogens is 2. The van der Waals surface area contributed by atoms with E-state index in [1.54, 1.807) is 39.9 Å². The van der Waals surface area contributed by atoms with Crippen molar-refractivity contribution in [3.8, 4) is 16.9 Å². The van der Waals surface area contributed by atoms with Crippen LogP contribution in [0.3, 0.4) is 0 Å². The van der Waals surface area contributed by atoms with Gasteiger partial charge in [-0.3, -0.25) is 9.78 Å². The number of aryl methyl sites for hydroxylation is 1. The summed E-state index contributed by atoms with van der Waals surface area (Å²) in [6, 6.07) is 7.87. The predicted octanol–water partition coefficient (Wildman–Crippen LogP) is 4.62.